The van der Waals surface area contributed by atoms with Crippen LogP contribution in [0.15, 0.2) is 0 Å². The zero-order valence-electron chi connectivity index (χ0n) is 7.09. The molecule has 1 rings (SSSR count). The predicted octanol–water partition coefficient (Wildman–Crippen LogP) is 2.15. The van der Waals surface area contributed by atoms with Crippen molar-refractivity contribution in [3.63, 3.8) is 0 Å². The van der Waals surface area contributed by atoms with E-state index in [2.05, 4.69) is 0 Å². The van der Waals surface area contributed by atoms with Crippen molar-refractivity contribution in [1.82, 2.24) is 0 Å². The summed E-state index contributed by atoms with van der Waals surface area (Å²) >= 11 is 1.64. The predicted molar refractivity (Wildman–Crippen MR) is 46.7 cm³/mol. The minimum absolute atomic E-state index is 0.172. The molecule has 12 heavy (non-hydrogen) atoms. The van der Waals surface area contributed by atoms with Crippen molar-refractivity contribution in [1.29, 1.82) is 0 Å². The molecule has 0 saturated carbocycles. The summed E-state index contributed by atoms with van der Waals surface area (Å²) in [6.45, 7) is 0.918. The van der Waals surface area contributed by atoms with Gasteiger partial charge in [-0.3, -0.25) is 0 Å². The van der Waals surface area contributed by atoms with E-state index >= 15 is 0 Å². The summed E-state index contributed by atoms with van der Waals surface area (Å²) in [6.07, 6.45) is 0.0128. The van der Waals surface area contributed by atoms with Crippen LogP contribution in [0.1, 0.15) is 19.8 Å². The Morgan fingerprint density at radius 1 is 1.58 bits per heavy atom. The lowest BCUT2D eigenvalue weighted by molar-refractivity contribution is -0.0261. The highest BCUT2D eigenvalue weighted by atomic mass is 32.2. The Balaban J connectivity index is 2.39. The third kappa shape index (κ3) is 3.27. The van der Waals surface area contributed by atoms with Gasteiger partial charge in [0.25, 0.3) is 0 Å². The quantitative estimate of drug-likeness (QED) is 0.730. The van der Waals surface area contributed by atoms with Crippen molar-refractivity contribution in [3.8, 4) is 0 Å². The van der Waals surface area contributed by atoms with Crippen LogP contribution in [0, 0.1) is 5.92 Å². The van der Waals surface area contributed by atoms with Crippen LogP contribution in [0.25, 0.3) is 0 Å². The van der Waals surface area contributed by atoms with Crippen LogP contribution < -0.4 is 0 Å². The first-order valence-electron chi connectivity index (χ1n) is 4.13. The molecule has 0 aromatic rings. The fourth-order valence-corrected chi connectivity index (χ4v) is 2.62. The van der Waals surface area contributed by atoms with Gasteiger partial charge in [-0.25, -0.2) is 8.78 Å². The van der Waals surface area contributed by atoms with E-state index < -0.39 is 12.0 Å². The zero-order valence-corrected chi connectivity index (χ0v) is 7.91. The minimum Gasteiger partial charge on any atom is -0.392 e. The number of thioether (sulfide) groups is 1. The molecule has 0 bridgehead atoms. The van der Waals surface area contributed by atoms with Crippen LogP contribution in [0.3, 0.4) is 0 Å². The summed E-state index contributed by atoms with van der Waals surface area (Å²) < 4.78 is 25.1. The molecule has 0 amide bonds. The number of alkyl halides is 2. The first-order chi connectivity index (χ1) is 5.49. The molecule has 0 aliphatic carbocycles. The van der Waals surface area contributed by atoms with E-state index in [0.717, 1.165) is 19.1 Å². The van der Waals surface area contributed by atoms with Gasteiger partial charge in [-0.2, -0.15) is 11.8 Å². The first-order valence-corrected chi connectivity index (χ1v) is 5.28. The summed E-state index contributed by atoms with van der Waals surface area (Å²) in [5.41, 5.74) is 0. The maximum Gasteiger partial charge on any atom is 0.245 e. The van der Waals surface area contributed by atoms with E-state index in [0.29, 0.717) is 5.75 Å². The third-order valence-corrected chi connectivity index (χ3v) is 3.19. The van der Waals surface area contributed by atoms with Gasteiger partial charge in [-0.05, 0) is 25.0 Å². The van der Waals surface area contributed by atoms with Crippen molar-refractivity contribution in [2.75, 3.05) is 11.5 Å². The van der Waals surface area contributed by atoms with Gasteiger partial charge in [0.2, 0.25) is 5.92 Å². The lowest BCUT2D eigenvalue weighted by Crippen LogP contribution is -2.32. The average Bonchev–Trinajstić information content (AvgIpc) is 1.91. The molecular formula is C8H14F2OS. The lowest BCUT2D eigenvalue weighted by Gasteiger charge is -2.29. The Labute approximate surface area is 75.5 Å². The summed E-state index contributed by atoms with van der Waals surface area (Å²) in [5, 5.41) is 9.38. The number of aliphatic hydroxyl groups excluding tert-OH is 1. The lowest BCUT2D eigenvalue weighted by atomic mass is 9.93. The van der Waals surface area contributed by atoms with Crippen molar-refractivity contribution in [2.45, 2.75) is 31.8 Å². The van der Waals surface area contributed by atoms with E-state index in [1.54, 1.807) is 11.8 Å². The molecule has 0 spiro atoms. The van der Waals surface area contributed by atoms with Crippen molar-refractivity contribution in [2.24, 2.45) is 5.92 Å². The molecule has 1 aliphatic rings. The van der Waals surface area contributed by atoms with E-state index in [1.165, 1.54) is 0 Å². The van der Waals surface area contributed by atoms with Crippen LogP contribution in [-0.4, -0.2) is 28.6 Å². The van der Waals surface area contributed by atoms with Crippen LogP contribution in [0.2, 0.25) is 0 Å². The summed E-state index contributed by atoms with van der Waals surface area (Å²) in [5.74, 6) is -1.32. The van der Waals surface area contributed by atoms with E-state index in [4.69, 9.17) is 0 Å². The Morgan fingerprint density at radius 2 is 2.25 bits per heavy atom. The monoisotopic (exact) mass is 196 g/mol. The molecule has 1 aliphatic heterocycles. The number of hydrogen-bond donors (Lipinski definition) is 1. The molecule has 2 atom stereocenters. The molecule has 72 valence electrons. The molecular weight excluding hydrogens is 182 g/mol. The normalized spacial score (nSPS) is 32.0. The molecule has 2 unspecified atom stereocenters. The molecule has 1 nitrogen and oxygen atoms in total. The maximum absolute atomic E-state index is 12.6. The molecule has 4 heteroatoms. The molecule has 1 heterocycles. The van der Waals surface area contributed by atoms with Gasteiger partial charge < -0.3 is 5.11 Å². The smallest absolute Gasteiger partial charge is 0.245 e. The number of rotatable bonds is 2. The second kappa shape index (κ2) is 3.92. The van der Waals surface area contributed by atoms with Crippen molar-refractivity contribution < 1.29 is 13.9 Å². The molecule has 0 aromatic carbocycles. The van der Waals surface area contributed by atoms with Crippen LogP contribution in [0.4, 0.5) is 8.78 Å². The molecule has 1 N–H and O–H groups in total. The fraction of sp³-hybridized carbons (Fsp3) is 1.00. The Morgan fingerprint density at radius 3 is 2.75 bits per heavy atom. The van der Waals surface area contributed by atoms with E-state index in [-0.39, 0.29) is 12.3 Å². The Hall–Kier alpha value is 0.170. The molecule has 0 radical (unpaired) electrons. The topological polar surface area (TPSA) is 20.2 Å². The first kappa shape index (κ1) is 10.3. The van der Waals surface area contributed by atoms with E-state index in [1.807, 2.05) is 0 Å². The fourth-order valence-electron chi connectivity index (χ4n) is 1.47. The van der Waals surface area contributed by atoms with Gasteiger partial charge in [0.1, 0.15) is 0 Å². The van der Waals surface area contributed by atoms with Crippen LogP contribution >= 0.6 is 11.8 Å². The van der Waals surface area contributed by atoms with Crippen LogP contribution in [0.5, 0.6) is 0 Å². The second-order valence-corrected chi connectivity index (χ2v) is 4.62. The average molecular weight is 196 g/mol. The standard InChI is InChI=1S/C8H14F2OS/c1-8(9,10)4-6-2-3-12-5-7(6)11/h6-7,11H,2-5H2,1H3. The third-order valence-electron chi connectivity index (χ3n) is 2.09. The summed E-state index contributed by atoms with van der Waals surface area (Å²) in [4.78, 5) is 0. The minimum atomic E-state index is -2.63. The Kier molecular flexibility index (Phi) is 3.35. The summed E-state index contributed by atoms with van der Waals surface area (Å²) in [7, 11) is 0. The highest BCUT2D eigenvalue weighted by molar-refractivity contribution is 7.99. The summed E-state index contributed by atoms with van der Waals surface area (Å²) in [6, 6.07) is 0. The molecule has 1 saturated heterocycles. The number of halogens is 2. The van der Waals surface area contributed by atoms with Crippen LogP contribution in [-0.2, 0) is 0 Å². The zero-order chi connectivity index (χ0) is 9.19. The van der Waals surface area contributed by atoms with Crippen molar-refractivity contribution >= 4 is 11.8 Å². The number of hydrogen-bond acceptors (Lipinski definition) is 2. The Bertz CT molecular complexity index is 146. The molecule has 0 aromatic heterocycles. The largest absolute Gasteiger partial charge is 0.392 e. The van der Waals surface area contributed by atoms with E-state index in [9.17, 15) is 13.9 Å². The van der Waals surface area contributed by atoms with Crippen molar-refractivity contribution in [3.05, 3.63) is 0 Å². The maximum atomic E-state index is 12.6. The van der Waals surface area contributed by atoms with Gasteiger partial charge in [0.05, 0.1) is 6.10 Å². The van der Waals surface area contributed by atoms with Gasteiger partial charge in [-0.15, -0.1) is 0 Å². The highest BCUT2D eigenvalue weighted by Crippen LogP contribution is 2.32. The molecule has 1 fully saturated rings. The van der Waals surface area contributed by atoms with Gasteiger partial charge in [0.15, 0.2) is 0 Å². The van der Waals surface area contributed by atoms with Gasteiger partial charge in [-0.1, -0.05) is 0 Å². The number of aliphatic hydroxyl groups is 1. The SMILES string of the molecule is CC(F)(F)CC1CCSCC1O. The van der Waals surface area contributed by atoms with Gasteiger partial charge >= 0.3 is 0 Å². The second-order valence-electron chi connectivity index (χ2n) is 3.47. The highest BCUT2D eigenvalue weighted by Gasteiger charge is 2.32. The van der Waals surface area contributed by atoms with Gasteiger partial charge in [0, 0.05) is 12.2 Å².